The van der Waals surface area contributed by atoms with Crippen LogP contribution in [0.15, 0.2) is 65.7 Å². The van der Waals surface area contributed by atoms with E-state index in [4.69, 9.17) is 16.6 Å². The predicted octanol–water partition coefficient (Wildman–Crippen LogP) is 5.15. The molecule has 1 N–H and O–H groups in total. The number of hydrogen-bond donors (Lipinski definition) is 1. The molecule has 0 aromatic carbocycles. The first-order chi connectivity index (χ1) is 14.3. The lowest BCUT2D eigenvalue weighted by Gasteiger charge is -2.27. The SMILES string of the molecule is S=C1N[C@@H](c2ccccn2)[C@@H](c2ccn(C3CCCCC3)c2)N1Cc1ccco1. The molecule has 1 aliphatic heterocycles. The average molecular weight is 407 g/mol. The van der Waals surface area contributed by atoms with E-state index in [2.05, 4.69) is 44.3 Å². The van der Waals surface area contributed by atoms with Crippen molar-refractivity contribution < 1.29 is 4.42 Å². The van der Waals surface area contributed by atoms with Crippen LogP contribution in [0.4, 0.5) is 0 Å². The van der Waals surface area contributed by atoms with Crippen molar-refractivity contribution in [3.8, 4) is 0 Å². The molecule has 0 unspecified atom stereocenters. The summed E-state index contributed by atoms with van der Waals surface area (Å²) in [5, 5.41) is 4.26. The van der Waals surface area contributed by atoms with Crippen molar-refractivity contribution in [3.05, 3.63) is 78.3 Å². The van der Waals surface area contributed by atoms with Crippen molar-refractivity contribution in [3.63, 3.8) is 0 Å². The maximum absolute atomic E-state index is 5.74. The highest BCUT2D eigenvalue weighted by Gasteiger charge is 2.40. The minimum atomic E-state index is 0.0147. The van der Waals surface area contributed by atoms with Crippen LogP contribution in [0.1, 0.15) is 67.2 Å². The van der Waals surface area contributed by atoms with Gasteiger partial charge in [-0.2, -0.15) is 0 Å². The molecule has 150 valence electrons. The zero-order valence-corrected chi connectivity index (χ0v) is 17.2. The summed E-state index contributed by atoms with van der Waals surface area (Å²) >= 11 is 5.74. The zero-order chi connectivity index (χ0) is 19.6. The Kier molecular flexibility index (Phi) is 5.10. The summed E-state index contributed by atoms with van der Waals surface area (Å²) in [7, 11) is 0. The van der Waals surface area contributed by atoms with E-state index in [1.165, 1.54) is 37.7 Å². The van der Waals surface area contributed by atoms with Crippen LogP contribution < -0.4 is 5.32 Å². The Morgan fingerprint density at radius 3 is 2.76 bits per heavy atom. The number of aromatic nitrogens is 2. The minimum absolute atomic E-state index is 0.0147. The molecule has 5 nitrogen and oxygen atoms in total. The van der Waals surface area contributed by atoms with Crippen LogP contribution in [0.3, 0.4) is 0 Å². The Labute approximate surface area is 176 Å². The van der Waals surface area contributed by atoms with Crippen LogP contribution in [0.2, 0.25) is 0 Å². The van der Waals surface area contributed by atoms with Gasteiger partial charge in [-0.25, -0.2) is 0 Å². The molecule has 0 amide bonds. The van der Waals surface area contributed by atoms with Crippen molar-refractivity contribution in [1.82, 2.24) is 19.8 Å². The lowest BCUT2D eigenvalue weighted by atomic mass is 9.95. The molecule has 1 saturated heterocycles. The van der Waals surface area contributed by atoms with Gasteiger partial charge in [0.25, 0.3) is 0 Å². The maximum Gasteiger partial charge on any atom is 0.170 e. The third kappa shape index (κ3) is 3.69. The van der Waals surface area contributed by atoms with Gasteiger partial charge in [-0.15, -0.1) is 0 Å². The molecule has 0 radical (unpaired) electrons. The number of nitrogens with one attached hydrogen (secondary N) is 1. The van der Waals surface area contributed by atoms with Gasteiger partial charge >= 0.3 is 0 Å². The molecule has 2 aliphatic rings. The maximum atomic E-state index is 5.74. The van der Waals surface area contributed by atoms with E-state index < -0.39 is 0 Å². The molecule has 3 aromatic heterocycles. The molecular formula is C23H26N4OS. The third-order valence-corrected chi connectivity index (χ3v) is 6.53. The fourth-order valence-corrected chi connectivity index (χ4v) is 5.03. The number of furan rings is 1. The van der Waals surface area contributed by atoms with E-state index in [0.717, 1.165) is 16.6 Å². The van der Waals surface area contributed by atoms with E-state index in [9.17, 15) is 0 Å². The first-order valence-electron chi connectivity index (χ1n) is 10.5. The number of hydrogen-bond acceptors (Lipinski definition) is 3. The van der Waals surface area contributed by atoms with Crippen LogP contribution in [-0.2, 0) is 6.54 Å². The van der Waals surface area contributed by atoms with Crippen molar-refractivity contribution in [2.24, 2.45) is 0 Å². The van der Waals surface area contributed by atoms with Gasteiger partial charge in [-0.05, 0) is 61.0 Å². The monoisotopic (exact) mass is 406 g/mol. The summed E-state index contributed by atoms with van der Waals surface area (Å²) in [5.41, 5.74) is 2.28. The molecule has 0 spiro atoms. The van der Waals surface area contributed by atoms with E-state index in [-0.39, 0.29) is 12.1 Å². The minimum Gasteiger partial charge on any atom is -0.467 e. The van der Waals surface area contributed by atoms with Gasteiger partial charge in [-0.3, -0.25) is 4.98 Å². The van der Waals surface area contributed by atoms with Gasteiger partial charge in [-0.1, -0.05) is 25.3 Å². The van der Waals surface area contributed by atoms with Gasteiger partial charge in [0.05, 0.1) is 30.6 Å². The fraction of sp³-hybridized carbons (Fsp3) is 0.391. The molecule has 2 atom stereocenters. The average Bonchev–Trinajstić information content (AvgIpc) is 3.51. The normalized spacial score (nSPS) is 22.8. The standard InChI is InChI=1S/C23H26N4OS/c29-23-25-21(20-10-4-5-12-24-20)22(27(23)16-19-9-6-14-28-19)17-11-13-26(15-17)18-7-2-1-3-8-18/h4-6,9-15,18,21-22H,1-3,7-8,16H2,(H,25,29)/t21-,22+/m0/s1. The molecule has 1 saturated carbocycles. The zero-order valence-electron chi connectivity index (χ0n) is 16.4. The number of pyridine rings is 1. The predicted molar refractivity (Wildman–Crippen MR) is 116 cm³/mol. The molecule has 5 rings (SSSR count). The van der Waals surface area contributed by atoms with E-state index in [1.54, 1.807) is 6.26 Å². The molecule has 3 aromatic rings. The lowest BCUT2D eigenvalue weighted by molar-refractivity contribution is 0.286. The molecule has 4 heterocycles. The first kappa shape index (κ1) is 18.4. The van der Waals surface area contributed by atoms with Crippen molar-refractivity contribution >= 4 is 17.3 Å². The summed E-state index contributed by atoms with van der Waals surface area (Å²) in [6.45, 7) is 0.640. The van der Waals surface area contributed by atoms with E-state index in [0.29, 0.717) is 12.6 Å². The second kappa shape index (κ2) is 8.03. The topological polar surface area (TPSA) is 46.2 Å². The number of thiocarbonyl (C=S) groups is 1. The number of nitrogens with zero attached hydrogens (tertiary/aromatic N) is 3. The van der Waals surface area contributed by atoms with E-state index >= 15 is 0 Å². The van der Waals surface area contributed by atoms with Crippen LogP contribution in [0.5, 0.6) is 0 Å². The van der Waals surface area contributed by atoms with Gasteiger partial charge < -0.3 is 19.2 Å². The Bertz CT molecular complexity index is 946. The molecular weight excluding hydrogens is 380 g/mol. The molecule has 29 heavy (non-hydrogen) atoms. The summed E-state index contributed by atoms with van der Waals surface area (Å²) in [4.78, 5) is 6.85. The smallest absolute Gasteiger partial charge is 0.170 e. The summed E-state index contributed by atoms with van der Waals surface area (Å²) in [5.74, 6) is 0.910. The highest BCUT2D eigenvalue weighted by atomic mass is 32.1. The van der Waals surface area contributed by atoms with Crippen LogP contribution in [-0.4, -0.2) is 19.6 Å². The second-order valence-electron chi connectivity index (χ2n) is 8.02. The highest BCUT2D eigenvalue weighted by Crippen LogP contribution is 2.40. The van der Waals surface area contributed by atoms with Gasteiger partial charge in [0.2, 0.25) is 0 Å². The fourth-order valence-electron chi connectivity index (χ4n) is 4.72. The Morgan fingerprint density at radius 1 is 1.10 bits per heavy atom. The quantitative estimate of drug-likeness (QED) is 0.594. The second-order valence-corrected chi connectivity index (χ2v) is 8.40. The lowest BCUT2D eigenvalue weighted by Crippen LogP contribution is -2.28. The van der Waals surface area contributed by atoms with Gasteiger partial charge in [0.1, 0.15) is 5.76 Å². The van der Waals surface area contributed by atoms with Crippen LogP contribution >= 0.6 is 12.2 Å². The summed E-state index contributed by atoms with van der Waals surface area (Å²) in [6.07, 6.45) is 14.7. The molecule has 0 bridgehead atoms. The molecule has 1 aliphatic carbocycles. The largest absolute Gasteiger partial charge is 0.467 e. The first-order valence-corrected chi connectivity index (χ1v) is 10.9. The van der Waals surface area contributed by atoms with Crippen molar-refractivity contribution in [2.45, 2.75) is 56.8 Å². The van der Waals surface area contributed by atoms with Crippen LogP contribution in [0, 0.1) is 0 Å². The Hall–Kier alpha value is -2.60. The van der Waals surface area contributed by atoms with E-state index in [1.807, 2.05) is 30.5 Å². The molecule has 2 fully saturated rings. The van der Waals surface area contributed by atoms with Crippen molar-refractivity contribution in [1.29, 1.82) is 0 Å². The summed E-state index contributed by atoms with van der Waals surface area (Å²) in [6, 6.07) is 12.9. The van der Waals surface area contributed by atoms with Gasteiger partial charge in [0.15, 0.2) is 5.11 Å². The van der Waals surface area contributed by atoms with Crippen LogP contribution in [0.25, 0.3) is 0 Å². The Balaban J connectivity index is 1.49. The summed E-state index contributed by atoms with van der Waals surface area (Å²) < 4.78 is 8.03. The third-order valence-electron chi connectivity index (χ3n) is 6.18. The highest BCUT2D eigenvalue weighted by molar-refractivity contribution is 7.80. The van der Waals surface area contributed by atoms with Crippen molar-refractivity contribution in [2.75, 3.05) is 0 Å². The Morgan fingerprint density at radius 2 is 2.00 bits per heavy atom. The number of rotatable bonds is 5. The molecule has 6 heteroatoms. The van der Waals surface area contributed by atoms with Gasteiger partial charge in [0, 0.05) is 24.6 Å².